The molecule has 1 aromatic carbocycles. The van der Waals surface area contributed by atoms with Gasteiger partial charge in [0.2, 0.25) is 0 Å². The average molecular weight is 267 g/mol. The van der Waals surface area contributed by atoms with Crippen molar-refractivity contribution in [3.8, 4) is 0 Å². The number of para-hydroxylation sites is 1. The van der Waals surface area contributed by atoms with Crippen LogP contribution in [0.1, 0.15) is 0 Å². The third-order valence-electron chi connectivity index (χ3n) is 1.27. The van der Waals surface area contributed by atoms with Gasteiger partial charge in [-0.1, -0.05) is 18.2 Å². The topological polar surface area (TPSA) is 50.1 Å². The minimum atomic E-state index is 0. The van der Waals surface area contributed by atoms with E-state index in [1.54, 1.807) is 0 Å². The monoisotopic (exact) mass is 267 g/mol. The SMILES string of the molecule is NC(=S)NC(=S)Nc1ccccc1.[Fe+3]. The molecular weight excluding hydrogens is 258 g/mol. The van der Waals surface area contributed by atoms with Gasteiger partial charge in [0, 0.05) is 5.69 Å². The molecule has 0 amide bonds. The number of nitrogens with one attached hydrogen (secondary N) is 2. The Morgan fingerprint density at radius 3 is 2.21 bits per heavy atom. The van der Waals surface area contributed by atoms with E-state index in [4.69, 9.17) is 18.0 Å². The number of rotatable bonds is 1. The molecule has 0 saturated carbocycles. The van der Waals surface area contributed by atoms with Crippen molar-refractivity contribution in [2.24, 2.45) is 5.73 Å². The van der Waals surface area contributed by atoms with Crippen LogP contribution in [0.3, 0.4) is 0 Å². The fraction of sp³-hybridized carbons (Fsp3) is 0. The van der Waals surface area contributed by atoms with Crippen LogP contribution < -0.4 is 16.4 Å². The predicted molar refractivity (Wildman–Crippen MR) is 62.6 cm³/mol. The standard InChI is InChI=1S/C8H9N3S2.Fe/c9-7(12)11-8(13)10-6-4-2-1-3-5-6;/h1-5H,(H4,9,10,11,12,13);/q;+3. The molecule has 1 aromatic rings. The molecule has 0 unspecified atom stereocenters. The molecule has 6 heteroatoms. The molecule has 1 radical (unpaired) electrons. The largest absolute Gasteiger partial charge is 3.00 e. The molecular formula is C8H9FeN3S2+3. The number of nitrogens with two attached hydrogens (primary N) is 1. The molecule has 0 saturated heterocycles. The van der Waals surface area contributed by atoms with Crippen molar-refractivity contribution in [3.63, 3.8) is 0 Å². The summed E-state index contributed by atoms with van der Waals surface area (Å²) in [5, 5.41) is 6.11. The van der Waals surface area contributed by atoms with Crippen LogP contribution in [-0.4, -0.2) is 10.2 Å². The Hall–Kier alpha value is -0.681. The van der Waals surface area contributed by atoms with Gasteiger partial charge in [0.05, 0.1) is 0 Å². The molecule has 0 aromatic heterocycles. The second-order valence-electron chi connectivity index (χ2n) is 2.31. The molecule has 0 aliphatic rings. The fourth-order valence-corrected chi connectivity index (χ4v) is 1.19. The average Bonchev–Trinajstić information content (AvgIpc) is 2.04. The molecule has 4 N–H and O–H groups in total. The fourth-order valence-electron chi connectivity index (χ4n) is 0.796. The molecule has 0 spiro atoms. The Bertz CT molecular complexity index is 316. The molecule has 14 heavy (non-hydrogen) atoms. The van der Waals surface area contributed by atoms with E-state index in [0.717, 1.165) is 5.69 Å². The van der Waals surface area contributed by atoms with Crippen molar-refractivity contribution in [3.05, 3.63) is 30.3 Å². The smallest absolute Gasteiger partial charge is 0.376 e. The van der Waals surface area contributed by atoms with Crippen molar-refractivity contribution in [1.29, 1.82) is 0 Å². The van der Waals surface area contributed by atoms with Crippen molar-refractivity contribution < 1.29 is 17.1 Å². The van der Waals surface area contributed by atoms with Crippen molar-refractivity contribution >= 4 is 40.3 Å². The van der Waals surface area contributed by atoms with Crippen molar-refractivity contribution in [2.75, 3.05) is 5.32 Å². The van der Waals surface area contributed by atoms with E-state index >= 15 is 0 Å². The predicted octanol–water partition coefficient (Wildman–Crippen LogP) is 1.21. The zero-order valence-corrected chi connectivity index (χ0v) is 9.87. The summed E-state index contributed by atoms with van der Waals surface area (Å²) in [6.45, 7) is 0. The van der Waals surface area contributed by atoms with Crippen LogP contribution in [0.2, 0.25) is 0 Å². The summed E-state index contributed by atoms with van der Waals surface area (Å²) in [6, 6.07) is 9.54. The third-order valence-corrected chi connectivity index (χ3v) is 1.57. The van der Waals surface area contributed by atoms with Crippen LogP contribution in [0.5, 0.6) is 0 Å². The van der Waals surface area contributed by atoms with Gasteiger partial charge < -0.3 is 16.4 Å². The maximum Gasteiger partial charge on any atom is 3.00 e. The third kappa shape index (κ3) is 5.14. The van der Waals surface area contributed by atoms with E-state index in [2.05, 4.69) is 22.9 Å². The minimum Gasteiger partial charge on any atom is -0.376 e. The van der Waals surface area contributed by atoms with E-state index in [1.165, 1.54) is 0 Å². The Labute approximate surface area is 104 Å². The minimum absolute atomic E-state index is 0. The first-order chi connectivity index (χ1) is 6.18. The van der Waals surface area contributed by atoms with Gasteiger partial charge in [-0.3, -0.25) is 0 Å². The van der Waals surface area contributed by atoms with Gasteiger partial charge in [-0.2, -0.15) is 0 Å². The van der Waals surface area contributed by atoms with Crippen molar-refractivity contribution in [1.82, 2.24) is 5.32 Å². The van der Waals surface area contributed by atoms with E-state index in [-0.39, 0.29) is 22.2 Å². The molecule has 0 bridgehead atoms. The van der Waals surface area contributed by atoms with Crippen molar-refractivity contribution in [2.45, 2.75) is 0 Å². The number of anilines is 1. The summed E-state index contributed by atoms with van der Waals surface area (Å²) in [4.78, 5) is 0. The summed E-state index contributed by atoms with van der Waals surface area (Å²) in [5.74, 6) is 0. The molecule has 3 nitrogen and oxygen atoms in total. The normalized spacial score (nSPS) is 8.29. The second-order valence-corrected chi connectivity index (χ2v) is 3.16. The van der Waals surface area contributed by atoms with Gasteiger partial charge in [0.25, 0.3) is 0 Å². The number of hydrogen-bond acceptors (Lipinski definition) is 2. The Balaban J connectivity index is 0.00000169. The summed E-state index contributed by atoms with van der Waals surface area (Å²) in [7, 11) is 0. The molecule has 0 fully saturated rings. The van der Waals surface area contributed by atoms with E-state index in [1.807, 2.05) is 30.3 Å². The summed E-state index contributed by atoms with van der Waals surface area (Å²) < 4.78 is 0. The number of thiocarbonyl (C=S) groups is 2. The maximum absolute atomic E-state index is 5.24. The first-order valence-corrected chi connectivity index (χ1v) is 4.42. The van der Waals surface area contributed by atoms with Gasteiger partial charge in [-0.15, -0.1) is 0 Å². The van der Waals surface area contributed by atoms with Gasteiger partial charge in [0.1, 0.15) is 0 Å². The summed E-state index contributed by atoms with van der Waals surface area (Å²) >= 11 is 9.55. The maximum atomic E-state index is 5.24. The quantitative estimate of drug-likeness (QED) is 0.527. The Morgan fingerprint density at radius 1 is 1.14 bits per heavy atom. The van der Waals surface area contributed by atoms with Gasteiger partial charge in [-0.05, 0) is 36.6 Å². The number of hydrogen-bond donors (Lipinski definition) is 3. The van der Waals surface area contributed by atoms with Crippen LogP contribution >= 0.6 is 24.4 Å². The van der Waals surface area contributed by atoms with Crippen LogP contribution in [0.4, 0.5) is 5.69 Å². The molecule has 1 rings (SSSR count). The molecule has 0 atom stereocenters. The van der Waals surface area contributed by atoms with Gasteiger partial charge in [0.15, 0.2) is 10.2 Å². The molecule has 0 aliphatic heterocycles. The van der Waals surface area contributed by atoms with Gasteiger partial charge >= 0.3 is 17.1 Å². The zero-order chi connectivity index (χ0) is 9.68. The Morgan fingerprint density at radius 2 is 1.71 bits per heavy atom. The van der Waals surface area contributed by atoms with E-state index < -0.39 is 0 Å². The molecule has 0 aliphatic carbocycles. The van der Waals surface area contributed by atoms with Crippen LogP contribution in [0.15, 0.2) is 30.3 Å². The molecule has 73 valence electrons. The summed E-state index contributed by atoms with van der Waals surface area (Å²) in [5.41, 5.74) is 6.14. The Kier molecular flexibility index (Phi) is 6.40. The zero-order valence-electron chi connectivity index (χ0n) is 7.13. The molecule has 0 heterocycles. The van der Waals surface area contributed by atoms with Crippen LogP contribution in [-0.2, 0) is 17.1 Å². The summed E-state index contributed by atoms with van der Waals surface area (Å²) in [6.07, 6.45) is 0. The van der Waals surface area contributed by atoms with E-state index in [0.29, 0.717) is 5.11 Å². The van der Waals surface area contributed by atoms with Crippen LogP contribution in [0, 0.1) is 0 Å². The van der Waals surface area contributed by atoms with E-state index in [9.17, 15) is 0 Å². The van der Waals surface area contributed by atoms with Gasteiger partial charge in [-0.25, -0.2) is 0 Å². The second kappa shape index (κ2) is 6.73. The first kappa shape index (κ1) is 13.3. The number of benzene rings is 1. The van der Waals surface area contributed by atoms with Crippen LogP contribution in [0.25, 0.3) is 0 Å². The first-order valence-electron chi connectivity index (χ1n) is 3.61.